The van der Waals surface area contributed by atoms with Crippen molar-refractivity contribution in [2.75, 3.05) is 19.8 Å². The number of nitrogens with one attached hydrogen (secondary N) is 1. The summed E-state index contributed by atoms with van der Waals surface area (Å²) in [4.78, 5) is 12.3. The summed E-state index contributed by atoms with van der Waals surface area (Å²) in [6.07, 6.45) is 1.01. The summed E-state index contributed by atoms with van der Waals surface area (Å²) < 4.78 is 5.36. The molecule has 0 saturated heterocycles. The molecule has 1 unspecified atom stereocenters. The second-order valence-electron chi connectivity index (χ2n) is 5.04. The largest absolute Gasteiger partial charge is 0.380 e. The molecule has 0 aliphatic carbocycles. The van der Waals surface area contributed by atoms with Crippen molar-refractivity contribution in [3.8, 4) is 0 Å². The van der Waals surface area contributed by atoms with E-state index in [1.165, 1.54) is 0 Å². The molecule has 0 radical (unpaired) electrons. The molecule has 0 fully saturated rings. The molecule has 0 bridgehead atoms. The molecule has 19 heavy (non-hydrogen) atoms. The highest BCUT2D eigenvalue weighted by molar-refractivity contribution is 5.83. The molecule has 1 atom stereocenters. The van der Waals surface area contributed by atoms with Crippen LogP contribution in [0.2, 0.25) is 0 Å². The van der Waals surface area contributed by atoms with E-state index < -0.39 is 0 Å². The summed E-state index contributed by atoms with van der Waals surface area (Å²) in [5.74, 6) is 0.271. The topological polar surface area (TPSA) is 38.3 Å². The molecular formula is C16H25NO2. The monoisotopic (exact) mass is 263 g/mol. The van der Waals surface area contributed by atoms with Crippen molar-refractivity contribution in [1.82, 2.24) is 5.32 Å². The van der Waals surface area contributed by atoms with Crippen LogP contribution >= 0.6 is 0 Å². The molecule has 1 aromatic carbocycles. The Morgan fingerprint density at radius 1 is 1.21 bits per heavy atom. The van der Waals surface area contributed by atoms with E-state index in [0.29, 0.717) is 13.2 Å². The van der Waals surface area contributed by atoms with Gasteiger partial charge >= 0.3 is 0 Å². The second kappa shape index (κ2) is 8.70. The van der Waals surface area contributed by atoms with Crippen molar-refractivity contribution < 1.29 is 9.53 Å². The first-order chi connectivity index (χ1) is 9.16. The second-order valence-corrected chi connectivity index (χ2v) is 5.04. The fraction of sp³-hybridized carbons (Fsp3) is 0.562. The minimum absolute atomic E-state index is 0.0845. The lowest BCUT2D eigenvalue weighted by atomic mass is 9.88. The summed E-state index contributed by atoms with van der Waals surface area (Å²) >= 11 is 0. The minimum Gasteiger partial charge on any atom is -0.380 e. The molecule has 1 rings (SSSR count). The molecule has 1 aromatic rings. The van der Waals surface area contributed by atoms with Crippen LogP contribution in [0.15, 0.2) is 30.3 Å². The zero-order valence-corrected chi connectivity index (χ0v) is 12.2. The molecular weight excluding hydrogens is 238 g/mol. The van der Waals surface area contributed by atoms with Crippen molar-refractivity contribution in [3.05, 3.63) is 35.9 Å². The maximum Gasteiger partial charge on any atom is 0.227 e. The molecule has 1 N–H and O–H groups in total. The van der Waals surface area contributed by atoms with Gasteiger partial charge in [0.15, 0.2) is 0 Å². The van der Waals surface area contributed by atoms with Crippen molar-refractivity contribution in [1.29, 1.82) is 0 Å². The van der Waals surface area contributed by atoms with Crippen LogP contribution in [0.5, 0.6) is 0 Å². The van der Waals surface area contributed by atoms with Crippen LogP contribution in [0.25, 0.3) is 0 Å². The molecule has 0 heterocycles. The predicted octanol–water partition coefficient (Wildman–Crippen LogP) is 2.97. The molecule has 106 valence electrons. The van der Waals surface area contributed by atoms with Crippen LogP contribution in [-0.4, -0.2) is 25.7 Å². The van der Waals surface area contributed by atoms with E-state index >= 15 is 0 Å². The SMILES string of the molecule is CCCOCCNC(=O)C(c1ccccc1)C(C)C. The Balaban J connectivity index is 2.51. The van der Waals surface area contributed by atoms with Gasteiger partial charge in [-0.2, -0.15) is 0 Å². The van der Waals surface area contributed by atoms with Crippen LogP contribution in [0, 0.1) is 5.92 Å². The Hall–Kier alpha value is -1.35. The van der Waals surface area contributed by atoms with Crippen LogP contribution in [0.3, 0.4) is 0 Å². The van der Waals surface area contributed by atoms with Crippen molar-refractivity contribution in [2.45, 2.75) is 33.1 Å². The van der Waals surface area contributed by atoms with E-state index in [1.807, 2.05) is 30.3 Å². The van der Waals surface area contributed by atoms with Gasteiger partial charge in [0, 0.05) is 13.2 Å². The maximum atomic E-state index is 12.3. The lowest BCUT2D eigenvalue weighted by molar-refractivity contribution is -0.123. The molecule has 0 aliphatic rings. The van der Waals surface area contributed by atoms with Gasteiger partial charge in [0.05, 0.1) is 12.5 Å². The third-order valence-electron chi connectivity index (χ3n) is 3.00. The van der Waals surface area contributed by atoms with E-state index in [2.05, 4.69) is 26.1 Å². The van der Waals surface area contributed by atoms with E-state index in [1.54, 1.807) is 0 Å². The zero-order valence-electron chi connectivity index (χ0n) is 12.2. The summed E-state index contributed by atoms with van der Waals surface area (Å²) in [6, 6.07) is 9.94. The minimum atomic E-state index is -0.0904. The third-order valence-corrected chi connectivity index (χ3v) is 3.00. The normalized spacial score (nSPS) is 12.4. The Kier molecular flexibility index (Phi) is 7.19. The quantitative estimate of drug-likeness (QED) is 0.732. The smallest absolute Gasteiger partial charge is 0.227 e. The van der Waals surface area contributed by atoms with Gasteiger partial charge in [0.1, 0.15) is 0 Å². The van der Waals surface area contributed by atoms with Gasteiger partial charge in [-0.05, 0) is 17.9 Å². The first-order valence-electron chi connectivity index (χ1n) is 7.07. The Labute approximate surface area is 116 Å². The lowest BCUT2D eigenvalue weighted by Gasteiger charge is -2.20. The first-order valence-corrected chi connectivity index (χ1v) is 7.07. The van der Waals surface area contributed by atoms with Crippen LogP contribution < -0.4 is 5.32 Å². The van der Waals surface area contributed by atoms with Gasteiger partial charge in [0.25, 0.3) is 0 Å². The molecule has 0 aromatic heterocycles. The van der Waals surface area contributed by atoms with Crippen molar-refractivity contribution >= 4 is 5.91 Å². The lowest BCUT2D eigenvalue weighted by Crippen LogP contribution is -2.34. The van der Waals surface area contributed by atoms with Gasteiger partial charge < -0.3 is 10.1 Å². The molecule has 3 heteroatoms. The molecule has 3 nitrogen and oxygen atoms in total. The van der Waals surface area contributed by atoms with Crippen LogP contribution in [0.4, 0.5) is 0 Å². The average molecular weight is 263 g/mol. The summed E-state index contributed by atoms with van der Waals surface area (Å²) in [5, 5.41) is 2.96. The molecule has 0 saturated carbocycles. The Morgan fingerprint density at radius 2 is 1.89 bits per heavy atom. The summed E-state index contributed by atoms with van der Waals surface area (Å²) in [6.45, 7) is 8.13. The van der Waals surface area contributed by atoms with Crippen LogP contribution in [0.1, 0.15) is 38.7 Å². The number of amides is 1. The number of hydrogen-bond donors (Lipinski definition) is 1. The molecule has 0 aliphatic heterocycles. The first kappa shape index (κ1) is 15.7. The number of rotatable bonds is 8. The van der Waals surface area contributed by atoms with Crippen LogP contribution in [-0.2, 0) is 9.53 Å². The molecule has 0 spiro atoms. The van der Waals surface area contributed by atoms with Gasteiger partial charge in [-0.1, -0.05) is 51.1 Å². The fourth-order valence-corrected chi connectivity index (χ4v) is 2.10. The highest BCUT2D eigenvalue weighted by Crippen LogP contribution is 2.24. The van der Waals surface area contributed by atoms with Gasteiger partial charge in [-0.25, -0.2) is 0 Å². The summed E-state index contributed by atoms with van der Waals surface area (Å²) in [5.41, 5.74) is 1.07. The van der Waals surface area contributed by atoms with Crippen molar-refractivity contribution in [2.24, 2.45) is 5.92 Å². The van der Waals surface area contributed by atoms with Crippen molar-refractivity contribution in [3.63, 3.8) is 0 Å². The Bertz CT molecular complexity index is 362. The number of hydrogen-bond acceptors (Lipinski definition) is 2. The average Bonchev–Trinajstić information content (AvgIpc) is 2.39. The number of benzene rings is 1. The predicted molar refractivity (Wildman–Crippen MR) is 78.1 cm³/mol. The van der Waals surface area contributed by atoms with Gasteiger partial charge in [0.2, 0.25) is 5.91 Å². The van der Waals surface area contributed by atoms with E-state index in [-0.39, 0.29) is 17.7 Å². The highest BCUT2D eigenvalue weighted by Gasteiger charge is 2.23. The van der Waals surface area contributed by atoms with Gasteiger partial charge in [-0.15, -0.1) is 0 Å². The number of ether oxygens (including phenoxy) is 1. The zero-order chi connectivity index (χ0) is 14.1. The fourth-order valence-electron chi connectivity index (χ4n) is 2.10. The van der Waals surface area contributed by atoms with E-state index in [4.69, 9.17) is 4.74 Å². The summed E-state index contributed by atoms with van der Waals surface area (Å²) in [7, 11) is 0. The third kappa shape index (κ3) is 5.43. The maximum absolute atomic E-state index is 12.3. The van der Waals surface area contributed by atoms with E-state index in [0.717, 1.165) is 18.6 Å². The molecule has 1 amide bonds. The highest BCUT2D eigenvalue weighted by atomic mass is 16.5. The number of carbonyl (C=O) groups excluding carboxylic acids is 1. The number of carbonyl (C=O) groups is 1. The van der Waals surface area contributed by atoms with E-state index in [9.17, 15) is 4.79 Å². The Morgan fingerprint density at radius 3 is 2.47 bits per heavy atom. The van der Waals surface area contributed by atoms with Gasteiger partial charge in [-0.3, -0.25) is 4.79 Å². The standard InChI is InChI=1S/C16H25NO2/c1-4-11-19-12-10-17-16(18)15(13(2)3)14-8-6-5-7-9-14/h5-9,13,15H,4,10-12H2,1-3H3,(H,17,18).